The van der Waals surface area contributed by atoms with Crippen molar-refractivity contribution in [1.29, 1.82) is 0 Å². The highest BCUT2D eigenvalue weighted by atomic mass is 32.1. The lowest BCUT2D eigenvalue weighted by molar-refractivity contribution is -0.137. The van der Waals surface area contributed by atoms with E-state index >= 15 is 0 Å². The van der Waals surface area contributed by atoms with Crippen LogP contribution in [0.5, 0.6) is 0 Å². The van der Waals surface area contributed by atoms with Crippen molar-refractivity contribution in [3.8, 4) is 0 Å². The average molecular weight is 406 g/mol. The lowest BCUT2D eigenvalue weighted by Crippen LogP contribution is -2.30. The normalized spacial score (nSPS) is 11.9. The molecule has 28 heavy (non-hydrogen) atoms. The minimum absolute atomic E-state index is 0.0602. The molecule has 0 aliphatic carbocycles. The Balaban J connectivity index is 1.84. The van der Waals surface area contributed by atoms with Gasteiger partial charge in [-0.15, -0.1) is 0 Å². The first kappa shape index (κ1) is 19.4. The number of benzene rings is 1. The van der Waals surface area contributed by atoms with Crippen molar-refractivity contribution in [3.63, 3.8) is 0 Å². The number of nitrogens with one attached hydrogen (secondary N) is 2. The summed E-state index contributed by atoms with van der Waals surface area (Å²) in [5, 5.41) is 8.12. The fourth-order valence-corrected chi connectivity index (χ4v) is 2.87. The van der Waals surface area contributed by atoms with E-state index in [1.807, 2.05) is 0 Å². The van der Waals surface area contributed by atoms with Crippen molar-refractivity contribution in [1.82, 2.24) is 5.32 Å². The minimum atomic E-state index is -4.54. The quantitative estimate of drug-likeness (QED) is 0.600. The summed E-state index contributed by atoms with van der Waals surface area (Å²) in [5.74, 6) is -1.03. The van der Waals surface area contributed by atoms with Crippen LogP contribution in [0.3, 0.4) is 0 Å². The SMILES string of the molecule is O=C(Nc1cccc(C(F)(F)F)c1)/C(=C\c1ccco1)NC(=O)c1ccsc1. The molecule has 5 nitrogen and oxygen atoms in total. The maximum atomic E-state index is 12.9. The fraction of sp³-hybridized carbons (Fsp3) is 0.0526. The predicted molar refractivity (Wildman–Crippen MR) is 98.5 cm³/mol. The van der Waals surface area contributed by atoms with Gasteiger partial charge in [0.2, 0.25) is 0 Å². The smallest absolute Gasteiger partial charge is 0.416 e. The molecule has 0 saturated carbocycles. The molecule has 0 aliphatic rings. The molecule has 0 atom stereocenters. The van der Waals surface area contributed by atoms with Gasteiger partial charge >= 0.3 is 6.18 Å². The third-order valence-electron chi connectivity index (χ3n) is 3.55. The number of halogens is 3. The summed E-state index contributed by atoms with van der Waals surface area (Å²) in [6.45, 7) is 0. The fourth-order valence-electron chi connectivity index (χ4n) is 2.23. The van der Waals surface area contributed by atoms with E-state index < -0.39 is 23.6 Å². The molecule has 0 radical (unpaired) electrons. The standard InChI is InChI=1S/C19H13F3N2O3S/c20-19(21,22)13-3-1-4-14(9-13)23-18(26)16(10-15-5-2-7-27-15)24-17(25)12-6-8-28-11-12/h1-11H,(H,23,26)(H,24,25)/b16-10+. The van der Waals surface area contributed by atoms with Crippen LogP contribution in [0.15, 0.2) is 69.6 Å². The average Bonchev–Trinajstić information content (AvgIpc) is 3.34. The molecule has 9 heteroatoms. The molecular weight excluding hydrogens is 393 g/mol. The molecule has 0 spiro atoms. The second-order valence-corrected chi connectivity index (χ2v) is 6.35. The Bertz CT molecular complexity index is 994. The van der Waals surface area contributed by atoms with E-state index in [4.69, 9.17) is 4.42 Å². The zero-order chi connectivity index (χ0) is 20.1. The summed E-state index contributed by atoms with van der Waals surface area (Å²) >= 11 is 1.31. The van der Waals surface area contributed by atoms with E-state index in [1.165, 1.54) is 35.8 Å². The van der Waals surface area contributed by atoms with Crippen molar-refractivity contribution in [3.05, 3.63) is 82.1 Å². The molecule has 1 aromatic carbocycles. The van der Waals surface area contributed by atoms with Gasteiger partial charge in [-0.25, -0.2) is 0 Å². The molecule has 0 aliphatic heterocycles. The van der Waals surface area contributed by atoms with Crippen LogP contribution in [0.4, 0.5) is 18.9 Å². The monoisotopic (exact) mass is 406 g/mol. The molecule has 3 rings (SSSR count). The Morgan fingerprint density at radius 3 is 2.57 bits per heavy atom. The summed E-state index contributed by atoms with van der Waals surface area (Å²) in [6, 6.07) is 8.94. The first-order valence-electron chi connectivity index (χ1n) is 7.90. The highest BCUT2D eigenvalue weighted by Gasteiger charge is 2.30. The van der Waals surface area contributed by atoms with Gasteiger partial charge in [0.15, 0.2) is 0 Å². The van der Waals surface area contributed by atoms with Gasteiger partial charge in [-0.2, -0.15) is 24.5 Å². The van der Waals surface area contributed by atoms with Gasteiger partial charge in [-0.05, 0) is 41.8 Å². The molecule has 2 heterocycles. The minimum Gasteiger partial charge on any atom is -0.465 e. The van der Waals surface area contributed by atoms with Crippen LogP contribution in [-0.2, 0) is 11.0 Å². The van der Waals surface area contributed by atoms with E-state index in [9.17, 15) is 22.8 Å². The van der Waals surface area contributed by atoms with Crippen molar-refractivity contribution in [2.45, 2.75) is 6.18 Å². The van der Waals surface area contributed by atoms with Crippen LogP contribution < -0.4 is 10.6 Å². The second kappa shape index (κ2) is 8.13. The number of thiophene rings is 1. The van der Waals surface area contributed by atoms with Crippen molar-refractivity contribution < 1.29 is 27.2 Å². The third-order valence-corrected chi connectivity index (χ3v) is 4.24. The van der Waals surface area contributed by atoms with Gasteiger partial charge < -0.3 is 15.1 Å². The molecule has 144 valence electrons. The summed E-state index contributed by atoms with van der Waals surface area (Å²) in [7, 11) is 0. The predicted octanol–water partition coefficient (Wildman–Crippen LogP) is 4.77. The third kappa shape index (κ3) is 4.89. The van der Waals surface area contributed by atoms with Gasteiger partial charge in [-0.3, -0.25) is 9.59 Å². The van der Waals surface area contributed by atoms with Gasteiger partial charge in [0.05, 0.1) is 17.4 Å². The van der Waals surface area contributed by atoms with Gasteiger partial charge in [0.25, 0.3) is 11.8 Å². The Morgan fingerprint density at radius 1 is 1.11 bits per heavy atom. The summed E-state index contributed by atoms with van der Waals surface area (Å²) in [6.07, 6.45) is -1.87. The highest BCUT2D eigenvalue weighted by Crippen LogP contribution is 2.30. The molecule has 0 unspecified atom stereocenters. The molecule has 2 N–H and O–H groups in total. The topological polar surface area (TPSA) is 71.3 Å². The molecule has 2 aromatic heterocycles. The van der Waals surface area contributed by atoms with Gasteiger partial charge in [-0.1, -0.05) is 6.07 Å². The first-order valence-corrected chi connectivity index (χ1v) is 8.84. The van der Waals surface area contributed by atoms with Gasteiger partial charge in [0.1, 0.15) is 11.5 Å². The first-order chi connectivity index (χ1) is 13.3. The zero-order valence-electron chi connectivity index (χ0n) is 14.1. The molecular formula is C19H13F3N2O3S. The van der Waals surface area contributed by atoms with Crippen molar-refractivity contribution in [2.75, 3.05) is 5.32 Å². The Morgan fingerprint density at radius 2 is 1.93 bits per heavy atom. The Kier molecular flexibility index (Phi) is 5.65. The summed E-state index contributed by atoms with van der Waals surface area (Å²) in [5.41, 5.74) is -0.787. The zero-order valence-corrected chi connectivity index (χ0v) is 14.9. The number of furan rings is 1. The van der Waals surface area contributed by atoms with E-state index in [1.54, 1.807) is 29.0 Å². The van der Waals surface area contributed by atoms with Gasteiger partial charge in [0, 0.05) is 17.1 Å². The summed E-state index contributed by atoms with van der Waals surface area (Å²) in [4.78, 5) is 24.9. The molecule has 3 aromatic rings. The van der Waals surface area contributed by atoms with Crippen LogP contribution >= 0.6 is 11.3 Å². The van der Waals surface area contributed by atoms with Crippen LogP contribution in [0.1, 0.15) is 21.7 Å². The van der Waals surface area contributed by atoms with E-state index in [0.29, 0.717) is 11.3 Å². The number of alkyl halides is 3. The number of hydrogen-bond donors (Lipinski definition) is 2. The number of carbonyl (C=O) groups excluding carboxylic acids is 2. The maximum absolute atomic E-state index is 12.9. The molecule has 0 saturated heterocycles. The number of anilines is 1. The Hall–Kier alpha value is -3.33. The summed E-state index contributed by atoms with van der Waals surface area (Å²) < 4.78 is 43.7. The van der Waals surface area contributed by atoms with Crippen LogP contribution in [0, 0.1) is 0 Å². The van der Waals surface area contributed by atoms with Crippen molar-refractivity contribution >= 4 is 34.9 Å². The number of rotatable bonds is 5. The molecule has 2 amide bonds. The van der Waals surface area contributed by atoms with Crippen LogP contribution in [0.25, 0.3) is 6.08 Å². The number of carbonyl (C=O) groups is 2. The second-order valence-electron chi connectivity index (χ2n) is 5.57. The maximum Gasteiger partial charge on any atom is 0.416 e. The van der Waals surface area contributed by atoms with Crippen molar-refractivity contribution in [2.24, 2.45) is 0 Å². The highest BCUT2D eigenvalue weighted by molar-refractivity contribution is 7.08. The number of amides is 2. The van der Waals surface area contributed by atoms with E-state index in [0.717, 1.165) is 12.1 Å². The Labute approximate surface area is 161 Å². The molecule has 0 fully saturated rings. The molecule has 0 bridgehead atoms. The lowest BCUT2D eigenvalue weighted by Gasteiger charge is -2.12. The van der Waals surface area contributed by atoms with E-state index in [-0.39, 0.29) is 11.4 Å². The van der Waals surface area contributed by atoms with Crippen LogP contribution in [-0.4, -0.2) is 11.8 Å². The largest absolute Gasteiger partial charge is 0.465 e. The lowest BCUT2D eigenvalue weighted by atomic mass is 10.2. The number of hydrogen-bond acceptors (Lipinski definition) is 4. The van der Waals surface area contributed by atoms with Crippen LogP contribution in [0.2, 0.25) is 0 Å². The van der Waals surface area contributed by atoms with E-state index in [2.05, 4.69) is 10.6 Å².